The van der Waals surface area contributed by atoms with E-state index in [2.05, 4.69) is 29.2 Å². The topological polar surface area (TPSA) is 45.5 Å². The largest absolute Gasteiger partial charge is 0.357 e. The Balaban J connectivity index is 1.57. The first-order valence-corrected chi connectivity index (χ1v) is 9.71. The Morgan fingerprint density at radius 3 is 2.83 bits per heavy atom. The van der Waals surface area contributed by atoms with Crippen LogP contribution in [0.15, 0.2) is 23.5 Å². The molecular formula is C19H33N5. The molecule has 5 heteroatoms. The van der Waals surface area contributed by atoms with Crippen LogP contribution in [0.1, 0.15) is 52.4 Å². The SMILES string of the molecule is CCNC(=NCC(C)Cn1cccn1)N1CCC2(CCCCC2)C1. The monoisotopic (exact) mass is 331 g/mol. The van der Waals surface area contributed by atoms with Crippen LogP contribution < -0.4 is 5.32 Å². The first-order chi connectivity index (χ1) is 11.7. The molecule has 1 aromatic heterocycles. The summed E-state index contributed by atoms with van der Waals surface area (Å²) in [5.41, 5.74) is 0.578. The summed E-state index contributed by atoms with van der Waals surface area (Å²) in [6.45, 7) is 9.50. The first kappa shape index (κ1) is 17.3. The van der Waals surface area contributed by atoms with Gasteiger partial charge in [-0.25, -0.2) is 0 Å². The number of hydrogen-bond acceptors (Lipinski definition) is 2. The van der Waals surface area contributed by atoms with Gasteiger partial charge in [0.1, 0.15) is 0 Å². The van der Waals surface area contributed by atoms with E-state index < -0.39 is 0 Å². The third-order valence-corrected chi connectivity index (χ3v) is 5.60. The molecule has 1 spiro atoms. The molecule has 2 aliphatic rings. The fraction of sp³-hybridized carbons (Fsp3) is 0.789. The number of rotatable bonds is 5. The van der Waals surface area contributed by atoms with E-state index in [1.165, 1.54) is 51.6 Å². The van der Waals surface area contributed by atoms with Crippen LogP contribution in [0.2, 0.25) is 0 Å². The van der Waals surface area contributed by atoms with Crippen LogP contribution in [0, 0.1) is 11.3 Å². The van der Waals surface area contributed by atoms with E-state index in [1.807, 2.05) is 23.1 Å². The molecule has 2 fully saturated rings. The lowest BCUT2D eigenvalue weighted by Crippen LogP contribution is -2.42. The molecule has 1 atom stereocenters. The first-order valence-electron chi connectivity index (χ1n) is 9.71. The summed E-state index contributed by atoms with van der Waals surface area (Å²) < 4.78 is 2.00. The molecule has 2 heterocycles. The standard InChI is InChI=1S/C19H33N5/c1-3-20-18(21-14-17(2)15-24-12-7-11-22-24)23-13-10-19(16-23)8-5-4-6-9-19/h7,11-12,17H,3-6,8-10,13-16H2,1-2H3,(H,20,21). The van der Waals surface area contributed by atoms with E-state index >= 15 is 0 Å². The van der Waals surface area contributed by atoms with Crippen LogP contribution in [-0.2, 0) is 6.54 Å². The lowest BCUT2D eigenvalue weighted by Gasteiger charge is -2.33. The van der Waals surface area contributed by atoms with Gasteiger partial charge >= 0.3 is 0 Å². The van der Waals surface area contributed by atoms with Crippen LogP contribution in [0.5, 0.6) is 0 Å². The molecule has 0 aromatic carbocycles. The predicted molar refractivity (Wildman–Crippen MR) is 99.1 cm³/mol. The van der Waals surface area contributed by atoms with E-state index in [4.69, 9.17) is 4.99 Å². The van der Waals surface area contributed by atoms with Crippen molar-refractivity contribution in [1.29, 1.82) is 0 Å². The summed E-state index contributed by atoms with van der Waals surface area (Å²) in [6, 6.07) is 1.98. The Hall–Kier alpha value is -1.52. The van der Waals surface area contributed by atoms with Crippen LogP contribution in [-0.4, -0.2) is 46.8 Å². The van der Waals surface area contributed by atoms with E-state index in [0.717, 1.165) is 25.6 Å². The minimum absolute atomic E-state index is 0.491. The van der Waals surface area contributed by atoms with Crippen molar-refractivity contribution in [3.63, 3.8) is 0 Å². The van der Waals surface area contributed by atoms with E-state index in [1.54, 1.807) is 0 Å². The Morgan fingerprint density at radius 2 is 2.12 bits per heavy atom. The molecule has 1 saturated heterocycles. The van der Waals surface area contributed by atoms with E-state index in [0.29, 0.717) is 11.3 Å². The lowest BCUT2D eigenvalue weighted by molar-refractivity contribution is 0.203. The van der Waals surface area contributed by atoms with Crippen LogP contribution in [0.4, 0.5) is 0 Å². The fourth-order valence-electron chi connectivity index (χ4n) is 4.28. The van der Waals surface area contributed by atoms with Crippen LogP contribution in [0.3, 0.4) is 0 Å². The number of nitrogens with one attached hydrogen (secondary N) is 1. The summed E-state index contributed by atoms with van der Waals surface area (Å²) in [6.07, 6.45) is 12.3. The second-order valence-electron chi connectivity index (χ2n) is 7.76. The third-order valence-electron chi connectivity index (χ3n) is 5.60. The normalized spacial score (nSPS) is 22.1. The Bertz CT molecular complexity index is 516. The van der Waals surface area contributed by atoms with Gasteiger partial charge in [0.2, 0.25) is 0 Å². The van der Waals surface area contributed by atoms with Gasteiger partial charge in [-0.15, -0.1) is 0 Å². The fourth-order valence-corrected chi connectivity index (χ4v) is 4.28. The van der Waals surface area contributed by atoms with Crippen molar-refractivity contribution < 1.29 is 0 Å². The van der Waals surface area contributed by atoms with Gasteiger partial charge in [-0.1, -0.05) is 26.2 Å². The van der Waals surface area contributed by atoms with Gasteiger partial charge in [0.25, 0.3) is 0 Å². The van der Waals surface area contributed by atoms with Gasteiger partial charge in [0.05, 0.1) is 0 Å². The molecule has 1 unspecified atom stereocenters. The zero-order valence-electron chi connectivity index (χ0n) is 15.4. The highest BCUT2D eigenvalue weighted by Gasteiger charge is 2.39. The molecule has 1 saturated carbocycles. The minimum Gasteiger partial charge on any atom is -0.357 e. The smallest absolute Gasteiger partial charge is 0.193 e. The molecule has 1 aromatic rings. The average Bonchev–Trinajstić information content (AvgIpc) is 3.23. The van der Waals surface area contributed by atoms with Crippen molar-refractivity contribution >= 4 is 5.96 Å². The number of hydrogen-bond donors (Lipinski definition) is 1. The molecule has 0 radical (unpaired) electrons. The maximum Gasteiger partial charge on any atom is 0.193 e. The number of aromatic nitrogens is 2. The zero-order valence-corrected chi connectivity index (χ0v) is 15.4. The molecule has 0 bridgehead atoms. The summed E-state index contributed by atoms with van der Waals surface area (Å²) in [7, 11) is 0. The summed E-state index contributed by atoms with van der Waals surface area (Å²) in [5, 5.41) is 7.81. The maximum atomic E-state index is 4.94. The average molecular weight is 332 g/mol. The van der Waals surface area contributed by atoms with Crippen LogP contribution in [0.25, 0.3) is 0 Å². The second kappa shape index (κ2) is 8.04. The van der Waals surface area contributed by atoms with Crippen molar-refractivity contribution in [2.45, 2.75) is 58.9 Å². The number of likely N-dealkylation sites (tertiary alicyclic amines) is 1. The molecule has 1 N–H and O–H groups in total. The number of guanidine groups is 1. The quantitative estimate of drug-likeness (QED) is 0.666. The molecule has 0 amide bonds. The highest BCUT2D eigenvalue weighted by atomic mass is 15.3. The molecule has 3 rings (SSSR count). The van der Waals surface area contributed by atoms with E-state index in [9.17, 15) is 0 Å². The molecule has 1 aliphatic heterocycles. The Kier molecular flexibility index (Phi) is 5.80. The lowest BCUT2D eigenvalue weighted by atomic mass is 9.73. The van der Waals surface area contributed by atoms with Crippen molar-refractivity contribution in [2.75, 3.05) is 26.2 Å². The third kappa shape index (κ3) is 4.31. The Labute approximate surface area is 146 Å². The van der Waals surface area contributed by atoms with Gasteiger partial charge in [-0.2, -0.15) is 5.10 Å². The predicted octanol–water partition coefficient (Wildman–Crippen LogP) is 3.14. The van der Waals surface area contributed by atoms with Gasteiger partial charge in [-0.3, -0.25) is 9.67 Å². The Morgan fingerprint density at radius 1 is 1.29 bits per heavy atom. The zero-order chi connectivity index (χ0) is 16.8. The number of aliphatic imine (C=N–C) groups is 1. The highest BCUT2D eigenvalue weighted by molar-refractivity contribution is 5.80. The van der Waals surface area contributed by atoms with Gasteiger partial charge in [0, 0.05) is 45.1 Å². The summed E-state index contributed by atoms with van der Waals surface area (Å²) in [4.78, 5) is 7.45. The van der Waals surface area contributed by atoms with Gasteiger partial charge in [-0.05, 0) is 43.6 Å². The van der Waals surface area contributed by atoms with Crippen molar-refractivity contribution in [3.05, 3.63) is 18.5 Å². The van der Waals surface area contributed by atoms with Gasteiger partial charge in [0.15, 0.2) is 5.96 Å². The minimum atomic E-state index is 0.491. The second-order valence-corrected chi connectivity index (χ2v) is 7.76. The van der Waals surface area contributed by atoms with Crippen LogP contribution >= 0.6 is 0 Å². The molecule has 134 valence electrons. The highest BCUT2D eigenvalue weighted by Crippen LogP contribution is 2.43. The summed E-state index contributed by atoms with van der Waals surface area (Å²) in [5.74, 6) is 1.61. The van der Waals surface area contributed by atoms with E-state index in [-0.39, 0.29) is 0 Å². The van der Waals surface area contributed by atoms with Crippen molar-refractivity contribution in [3.8, 4) is 0 Å². The van der Waals surface area contributed by atoms with Crippen molar-refractivity contribution in [2.24, 2.45) is 16.3 Å². The maximum absolute atomic E-state index is 4.94. The van der Waals surface area contributed by atoms with Gasteiger partial charge < -0.3 is 10.2 Å². The van der Waals surface area contributed by atoms with Crippen molar-refractivity contribution in [1.82, 2.24) is 20.0 Å². The molecular weight excluding hydrogens is 298 g/mol. The molecule has 1 aliphatic carbocycles. The summed E-state index contributed by atoms with van der Waals surface area (Å²) >= 11 is 0. The molecule has 5 nitrogen and oxygen atoms in total. The number of nitrogens with zero attached hydrogens (tertiary/aromatic N) is 4. The molecule has 24 heavy (non-hydrogen) atoms.